The van der Waals surface area contributed by atoms with Crippen LogP contribution in [0.4, 0.5) is 5.69 Å². The van der Waals surface area contributed by atoms with Crippen LogP contribution in [-0.4, -0.2) is 23.9 Å². The van der Waals surface area contributed by atoms with Crippen LogP contribution in [0.2, 0.25) is 5.02 Å². The zero-order valence-corrected chi connectivity index (χ0v) is 11.6. The van der Waals surface area contributed by atoms with E-state index in [9.17, 15) is 4.79 Å². The lowest BCUT2D eigenvalue weighted by Crippen LogP contribution is -2.42. The summed E-state index contributed by atoms with van der Waals surface area (Å²) in [5, 5.41) is 0.547. The second-order valence-corrected chi connectivity index (χ2v) is 5.82. The SMILES string of the molecule is C[C@@H]1C[C@@H](C)CN(C(=O)c2cc(Cl)ccc2N)C1. The number of benzene rings is 1. The van der Waals surface area contributed by atoms with Gasteiger partial charge in [-0.2, -0.15) is 0 Å². The third-order valence-electron chi connectivity index (χ3n) is 3.40. The van der Waals surface area contributed by atoms with E-state index in [0.29, 0.717) is 28.1 Å². The number of rotatable bonds is 1. The summed E-state index contributed by atoms with van der Waals surface area (Å²) in [6.07, 6.45) is 1.18. The Morgan fingerprint density at radius 1 is 1.33 bits per heavy atom. The van der Waals surface area contributed by atoms with Crippen molar-refractivity contribution in [1.82, 2.24) is 4.90 Å². The number of hydrogen-bond acceptors (Lipinski definition) is 2. The van der Waals surface area contributed by atoms with E-state index in [1.54, 1.807) is 18.2 Å². The summed E-state index contributed by atoms with van der Waals surface area (Å²) in [5.41, 5.74) is 6.87. The fraction of sp³-hybridized carbons (Fsp3) is 0.500. The summed E-state index contributed by atoms with van der Waals surface area (Å²) in [6, 6.07) is 5.05. The Balaban J connectivity index is 2.22. The molecule has 0 aliphatic carbocycles. The number of likely N-dealkylation sites (tertiary alicyclic amines) is 1. The van der Waals surface area contributed by atoms with Crippen molar-refractivity contribution < 1.29 is 4.79 Å². The van der Waals surface area contributed by atoms with E-state index in [0.717, 1.165) is 13.1 Å². The van der Waals surface area contributed by atoms with Gasteiger partial charge in [-0.3, -0.25) is 4.79 Å². The number of nitrogens with two attached hydrogens (primary N) is 1. The van der Waals surface area contributed by atoms with Crippen LogP contribution in [0.1, 0.15) is 30.6 Å². The van der Waals surface area contributed by atoms with E-state index < -0.39 is 0 Å². The molecule has 1 saturated heterocycles. The van der Waals surface area contributed by atoms with Crippen molar-refractivity contribution in [2.45, 2.75) is 20.3 Å². The maximum atomic E-state index is 12.5. The molecule has 2 rings (SSSR count). The highest BCUT2D eigenvalue weighted by Gasteiger charge is 2.27. The minimum atomic E-state index is -0.00611. The van der Waals surface area contributed by atoms with Gasteiger partial charge in [0.25, 0.3) is 5.91 Å². The largest absolute Gasteiger partial charge is 0.398 e. The monoisotopic (exact) mass is 266 g/mol. The Morgan fingerprint density at radius 3 is 2.56 bits per heavy atom. The summed E-state index contributed by atoms with van der Waals surface area (Å²) in [4.78, 5) is 14.3. The highest BCUT2D eigenvalue weighted by atomic mass is 35.5. The highest BCUT2D eigenvalue weighted by Crippen LogP contribution is 2.25. The summed E-state index contributed by atoms with van der Waals surface area (Å²) in [5.74, 6) is 1.07. The van der Waals surface area contributed by atoms with E-state index >= 15 is 0 Å². The van der Waals surface area contributed by atoms with Crippen LogP contribution in [0.15, 0.2) is 18.2 Å². The van der Waals surface area contributed by atoms with Gasteiger partial charge in [-0.1, -0.05) is 25.4 Å². The standard InChI is InChI=1S/C14H19ClN2O/c1-9-5-10(2)8-17(7-9)14(18)12-6-11(15)3-4-13(12)16/h3-4,6,9-10H,5,7-8,16H2,1-2H3/t9-,10-/m1/s1. The van der Waals surface area contributed by atoms with Crippen LogP contribution in [0.25, 0.3) is 0 Å². The van der Waals surface area contributed by atoms with Crippen molar-refractivity contribution in [3.63, 3.8) is 0 Å². The second-order valence-electron chi connectivity index (χ2n) is 5.39. The Kier molecular flexibility index (Phi) is 3.81. The molecule has 1 aliphatic heterocycles. The zero-order valence-electron chi connectivity index (χ0n) is 10.8. The molecule has 0 bridgehead atoms. The molecule has 0 spiro atoms. The van der Waals surface area contributed by atoms with Gasteiger partial charge in [-0.05, 0) is 36.5 Å². The highest BCUT2D eigenvalue weighted by molar-refractivity contribution is 6.31. The molecule has 0 radical (unpaired) electrons. The van der Waals surface area contributed by atoms with E-state index in [4.69, 9.17) is 17.3 Å². The summed E-state index contributed by atoms with van der Waals surface area (Å²) in [6.45, 7) is 5.96. The molecule has 1 heterocycles. The summed E-state index contributed by atoms with van der Waals surface area (Å²) < 4.78 is 0. The Bertz CT molecular complexity index is 451. The molecule has 4 heteroatoms. The first-order valence-electron chi connectivity index (χ1n) is 6.31. The van der Waals surface area contributed by atoms with Gasteiger partial charge >= 0.3 is 0 Å². The van der Waals surface area contributed by atoms with Crippen molar-refractivity contribution in [2.24, 2.45) is 11.8 Å². The molecule has 3 nitrogen and oxygen atoms in total. The van der Waals surface area contributed by atoms with Gasteiger partial charge < -0.3 is 10.6 Å². The molecule has 1 fully saturated rings. The van der Waals surface area contributed by atoms with Gasteiger partial charge in [0, 0.05) is 23.8 Å². The van der Waals surface area contributed by atoms with Gasteiger partial charge in [0.1, 0.15) is 0 Å². The molecule has 98 valence electrons. The molecule has 0 unspecified atom stereocenters. The van der Waals surface area contributed by atoms with E-state index in [1.165, 1.54) is 6.42 Å². The van der Waals surface area contributed by atoms with Crippen molar-refractivity contribution in [3.05, 3.63) is 28.8 Å². The maximum Gasteiger partial charge on any atom is 0.256 e. The van der Waals surface area contributed by atoms with Gasteiger partial charge in [0.2, 0.25) is 0 Å². The topological polar surface area (TPSA) is 46.3 Å². The molecule has 0 saturated carbocycles. The Labute approximate surface area is 113 Å². The van der Waals surface area contributed by atoms with Crippen molar-refractivity contribution >= 4 is 23.2 Å². The molecule has 1 aliphatic rings. The summed E-state index contributed by atoms with van der Waals surface area (Å²) >= 11 is 5.93. The molecule has 0 aromatic heterocycles. The van der Waals surface area contributed by atoms with Crippen molar-refractivity contribution in [1.29, 1.82) is 0 Å². The number of halogens is 1. The van der Waals surface area contributed by atoms with Crippen LogP contribution in [0.5, 0.6) is 0 Å². The molecular weight excluding hydrogens is 248 g/mol. The second kappa shape index (κ2) is 5.19. The first-order valence-corrected chi connectivity index (χ1v) is 6.69. The van der Waals surface area contributed by atoms with E-state index in [-0.39, 0.29) is 5.91 Å². The number of anilines is 1. The lowest BCUT2D eigenvalue weighted by atomic mass is 9.91. The first kappa shape index (κ1) is 13.2. The minimum Gasteiger partial charge on any atom is -0.398 e. The smallest absolute Gasteiger partial charge is 0.256 e. The molecule has 18 heavy (non-hydrogen) atoms. The quantitative estimate of drug-likeness (QED) is 0.794. The van der Waals surface area contributed by atoms with Gasteiger partial charge in [-0.15, -0.1) is 0 Å². The third-order valence-corrected chi connectivity index (χ3v) is 3.64. The van der Waals surface area contributed by atoms with Crippen LogP contribution in [0.3, 0.4) is 0 Å². The number of piperidine rings is 1. The lowest BCUT2D eigenvalue weighted by Gasteiger charge is -2.35. The first-order chi connectivity index (χ1) is 8.47. The number of nitrogen functional groups attached to an aromatic ring is 1. The molecule has 1 aromatic carbocycles. The third kappa shape index (κ3) is 2.78. The molecule has 2 N–H and O–H groups in total. The summed E-state index contributed by atoms with van der Waals surface area (Å²) in [7, 11) is 0. The average Bonchev–Trinajstić information content (AvgIpc) is 2.30. The lowest BCUT2D eigenvalue weighted by molar-refractivity contribution is 0.0624. The maximum absolute atomic E-state index is 12.5. The molecular formula is C14H19ClN2O. The van der Waals surface area contributed by atoms with Gasteiger partial charge in [-0.25, -0.2) is 0 Å². The van der Waals surface area contributed by atoms with Crippen LogP contribution < -0.4 is 5.73 Å². The average molecular weight is 267 g/mol. The number of hydrogen-bond donors (Lipinski definition) is 1. The van der Waals surface area contributed by atoms with Crippen LogP contribution in [-0.2, 0) is 0 Å². The Hall–Kier alpha value is -1.22. The van der Waals surface area contributed by atoms with Crippen LogP contribution >= 0.6 is 11.6 Å². The molecule has 1 aromatic rings. The normalized spacial score (nSPS) is 24.1. The van der Waals surface area contributed by atoms with Gasteiger partial charge in [0.15, 0.2) is 0 Å². The fourth-order valence-corrected chi connectivity index (χ4v) is 2.88. The number of amides is 1. The zero-order chi connectivity index (χ0) is 13.3. The predicted octanol–water partition coefficient (Wildman–Crippen LogP) is 3.04. The fourth-order valence-electron chi connectivity index (χ4n) is 2.71. The minimum absolute atomic E-state index is 0.00611. The number of nitrogens with zero attached hydrogens (tertiary/aromatic N) is 1. The van der Waals surface area contributed by atoms with E-state index in [1.807, 2.05) is 4.90 Å². The molecule has 1 amide bonds. The predicted molar refractivity (Wildman–Crippen MR) is 74.7 cm³/mol. The number of carbonyl (C=O) groups excluding carboxylic acids is 1. The Morgan fingerprint density at radius 2 is 1.94 bits per heavy atom. The molecule has 2 atom stereocenters. The van der Waals surface area contributed by atoms with E-state index in [2.05, 4.69) is 13.8 Å². The van der Waals surface area contributed by atoms with Gasteiger partial charge in [0.05, 0.1) is 5.56 Å². The number of carbonyl (C=O) groups is 1. The van der Waals surface area contributed by atoms with Crippen LogP contribution in [0, 0.1) is 11.8 Å². The van der Waals surface area contributed by atoms with Crippen molar-refractivity contribution in [3.8, 4) is 0 Å². The van der Waals surface area contributed by atoms with Crippen molar-refractivity contribution in [2.75, 3.05) is 18.8 Å².